The van der Waals surface area contributed by atoms with Gasteiger partial charge in [-0.3, -0.25) is 4.79 Å². The molecule has 1 aliphatic heterocycles. The lowest BCUT2D eigenvalue weighted by atomic mass is 9.76. The topological polar surface area (TPSA) is 107 Å². The molecular formula is C24H24N4O5. The third-order valence-electron chi connectivity index (χ3n) is 6.35. The van der Waals surface area contributed by atoms with Crippen LogP contribution < -0.4 is 19.7 Å². The summed E-state index contributed by atoms with van der Waals surface area (Å²) in [5.74, 6) is 1.66. The van der Waals surface area contributed by atoms with Gasteiger partial charge in [-0.15, -0.1) is 0 Å². The molecule has 5 rings (SSSR count). The van der Waals surface area contributed by atoms with E-state index in [1.165, 1.54) is 4.90 Å². The van der Waals surface area contributed by atoms with Gasteiger partial charge in [0.15, 0.2) is 0 Å². The summed E-state index contributed by atoms with van der Waals surface area (Å²) in [6, 6.07) is 13.7. The van der Waals surface area contributed by atoms with E-state index in [9.17, 15) is 9.59 Å². The minimum absolute atomic E-state index is 0.0429. The number of anilines is 1. The molecule has 0 bridgehead atoms. The second-order valence-electron chi connectivity index (χ2n) is 8.20. The predicted octanol–water partition coefficient (Wildman–Crippen LogP) is 3.76. The Balaban J connectivity index is 1.33. The Hall–Kier alpha value is -3.88. The molecule has 3 unspecified atom stereocenters. The van der Waals surface area contributed by atoms with Crippen molar-refractivity contribution >= 4 is 17.6 Å². The zero-order chi connectivity index (χ0) is 22.9. The number of aromatic nitrogens is 2. The fourth-order valence-corrected chi connectivity index (χ4v) is 4.67. The SMILES string of the molecule is COc1cccc(N2C(=O)NC3CC(c4nc(-c5ccccc5OC)no4)CCC3C2=O)c1. The lowest BCUT2D eigenvalue weighted by Gasteiger charge is -2.41. The van der Waals surface area contributed by atoms with E-state index in [2.05, 4.69) is 15.5 Å². The van der Waals surface area contributed by atoms with Crippen LogP contribution in [0.25, 0.3) is 11.4 Å². The maximum absolute atomic E-state index is 13.2. The monoisotopic (exact) mass is 448 g/mol. The van der Waals surface area contributed by atoms with Crippen molar-refractivity contribution in [1.29, 1.82) is 0 Å². The zero-order valence-corrected chi connectivity index (χ0v) is 18.4. The number of hydrogen-bond acceptors (Lipinski definition) is 7. The summed E-state index contributed by atoms with van der Waals surface area (Å²) in [6.45, 7) is 0. The second-order valence-corrected chi connectivity index (χ2v) is 8.20. The minimum Gasteiger partial charge on any atom is -0.497 e. The van der Waals surface area contributed by atoms with Crippen molar-refractivity contribution in [3.8, 4) is 22.9 Å². The number of methoxy groups -OCH3 is 2. The number of para-hydroxylation sites is 1. The van der Waals surface area contributed by atoms with Gasteiger partial charge in [0.1, 0.15) is 11.5 Å². The summed E-state index contributed by atoms with van der Waals surface area (Å²) in [6.07, 6.45) is 1.88. The molecule has 0 spiro atoms. The molecular weight excluding hydrogens is 424 g/mol. The Labute approximate surface area is 190 Å². The van der Waals surface area contributed by atoms with Crippen molar-refractivity contribution in [2.24, 2.45) is 5.92 Å². The summed E-state index contributed by atoms with van der Waals surface area (Å²) < 4.78 is 16.2. The molecule has 3 aromatic rings. The normalized spacial score (nSPS) is 22.5. The first kappa shape index (κ1) is 21.0. The zero-order valence-electron chi connectivity index (χ0n) is 18.4. The van der Waals surface area contributed by atoms with E-state index >= 15 is 0 Å². The first-order valence-electron chi connectivity index (χ1n) is 10.8. The summed E-state index contributed by atoms with van der Waals surface area (Å²) in [5, 5.41) is 7.14. The number of carbonyl (C=O) groups excluding carboxylic acids is 2. The highest BCUT2D eigenvalue weighted by Gasteiger charge is 2.46. The van der Waals surface area contributed by atoms with Crippen LogP contribution in [0.4, 0.5) is 10.5 Å². The van der Waals surface area contributed by atoms with Crippen molar-refractivity contribution < 1.29 is 23.6 Å². The number of hydrogen-bond donors (Lipinski definition) is 1. The van der Waals surface area contributed by atoms with Crippen LogP contribution in [-0.4, -0.2) is 42.3 Å². The Kier molecular flexibility index (Phi) is 5.45. The van der Waals surface area contributed by atoms with Crippen LogP contribution in [0.15, 0.2) is 53.1 Å². The maximum atomic E-state index is 13.2. The number of benzene rings is 2. The van der Waals surface area contributed by atoms with Crippen LogP contribution in [0.2, 0.25) is 0 Å². The number of urea groups is 1. The number of rotatable bonds is 5. The molecule has 33 heavy (non-hydrogen) atoms. The lowest BCUT2D eigenvalue weighted by molar-refractivity contribution is -0.124. The van der Waals surface area contributed by atoms with Crippen molar-refractivity contribution in [2.45, 2.75) is 31.2 Å². The van der Waals surface area contributed by atoms with Crippen LogP contribution in [0.3, 0.4) is 0 Å². The highest BCUT2D eigenvalue weighted by Crippen LogP contribution is 2.40. The van der Waals surface area contributed by atoms with E-state index < -0.39 is 6.03 Å². The molecule has 0 radical (unpaired) electrons. The third kappa shape index (κ3) is 3.79. The molecule has 3 amide bonds. The molecule has 1 saturated carbocycles. The van der Waals surface area contributed by atoms with Gasteiger partial charge in [-0.1, -0.05) is 23.4 Å². The van der Waals surface area contributed by atoms with Crippen molar-refractivity contribution in [3.05, 3.63) is 54.4 Å². The van der Waals surface area contributed by atoms with Gasteiger partial charge < -0.3 is 19.3 Å². The molecule has 170 valence electrons. The van der Waals surface area contributed by atoms with Gasteiger partial charge in [-0.25, -0.2) is 9.69 Å². The number of ether oxygens (including phenoxy) is 2. The molecule has 2 aliphatic rings. The first-order chi connectivity index (χ1) is 16.1. The Morgan fingerprint density at radius 3 is 2.73 bits per heavy atom. The van der Waals surface area contributed by atoms with Gasteiger partial charge in [0.25, 0.3) is 0 Å². The van der Waals surface area contributed by atoms with Crippen molar-refractivity contribution in [2.75, 3.05) is 19.1 Å². The van der Waals surface area contributed by atoms with E-state index in [4.69, 9.17) is 14.0 Å². The Morgan fingerprint density at radius 2 is 1.91 bits per heavy atom. The summed E-state index contributed by atoms with van der Waals surface area (Å²) in [5.41, 5.74) is 1.24. The average Bonchev–Trinajstić information content (AvgIpc) is 3.34. The van der Waals surface area contributed by atoms with Crippen LogP contribution in [-0.2, 0) is 4.79 Å². The maximum Gasteiger partial charge on any atom is 0.328 e. The smallest absolute Gasteiger partial charge is 0.328 e. The minimum atomic E-state index is -0.435. The van der Waals surface area contributed by atoms with E-state index in [1.807, 2.05) is 24.3 Å². The summed E-state index contributed by atoms with van der Waals surface area (Å²) in [7, 11) is 3.14. The molecule has 3 atom stereocenters. The number of carbonyl (C=O) groups is 2. The van der Waals surface area contributed by atoms with Gasteiger partial charge in [-0.05, 0) is 43.5 Å². The summed E-state index contributed by atoms with van der Waals surface area (Å²) >= 11 is 0. The van der Waals surface area contributed by atoms with Gasteiger partial charge in [0.2, 0.25) is 17.6 Å². The molecule has 2 fully saturated rings. The molecule has 2 aromatic carbocycles. The largest absolute Gasteiger partial charge is 0.497 e. The number of amides is 3. The van der Waals surface area contributed by atoms with E-state index in [0.29, 0.717) is 48.2 Å². The summed E-state index contributed by atoms with van der Waals surface area (Å²) in [4.78, 5) is 31.9. The predicted molar refractivity (Wildman–Crippen MR) is 119 cm³/mol. The molecule has 9 nitrogen and oxygen atoms in total. The molecule has 9 heteroatoms. The highest BCUT2D eigenvalue weighted by atomic mass is 16.5. The van der Waals surface area contributed by atoms with Gasteiger partial charge in [0.05, 0.1) is 31.4 Å². The van der Waals surface area contributed by atoms with Gasteiger partial charge >= 0.3 is 6.03 Å². The second kappa shape index (κ2) is 8.57. The number of nitrogens with zero attached hydrogens (tertiary/aromatic N) is 3. The standard InChI is InChI=1S/C24H24N4O5/c1-31-16-7-5-6-15(13-16)28-23(29)17-11-10-14(12-19(17)25-24(28)30)22-26-21(27-33-22)18-8-3-4-9-20(18)32-2/h3-9,13-14,17,19H,10-12H2,1-2H3,(H,25,30). The van der Waals surface area contributed by atoms with E-state index in [0.717, 1.165) is 5.56 Å². The molecule has 2 heterocycles. The number of imide groups is 1. The number of nitrogens with one attached hydrogen (secondary N) is 1. The first-order valence-corrected chi connectivity index (χ1v) is 10.8. The van der Waals surface area contributed by atoms with Gasteiger partial charge in [-0.2, -0.15) is 4.98 Å². The average molecular weight is 448 g/mol. The fraction of sp³-hybridized carbons (Fsp3) is 0.333. The van der Waals surface area contributed by atoms with Crippen molar-refractivity contribution in [1.82, 2.24) is 15.5 Å². The molecule has 1 N–H and O–H groups in total. The third-order valence-corrected chi connectivity index (χ3v) is 6.35. The van der Waals surface area contributed by atoms with Crippen LogP contribution in [0.1, 0.15) is 31.1 Å². The Morgan fingerprint density at radius 1 is 1.06 bits per heavy atom. The Bertz CT molecular complexity index is 1190. The molecule has 1 saturated heterocycles. The van der Waals surface area contributed by atoms with E-state index in [1.54, 1.807) is 38.5 Å². The van der Waals surface area contributed by atoms with Gasteiger partial charge in [0, 0.05) is 18.0 Å². The van der Waals surface area contributed by atoms with Crippen LogP contribution >= 0.6 is 0 Å². The van der Waals surface area contributed by atoms with Crippen LogP contribution in [0.5, 0.6) is 11.5 Å². The molecule has 1 aromatic heterocycles. The quantitative estimate of drug-likeness (QED) is 0.633. The molecule has 1 aliphatic carbocycles. The van der Waals surface area contributed by atoms with Crippen molar-refractivity contribution in [3.63, 3.8) is 0 Å². The lowest BCUT2D eigenvalue weighted by Crippen LogP contribution is -2.61. The highest BCUT2D eigenvalue weighted by molar-refractivity contribution is 6.17. The number of fused-ring (bicyclic) bond motifs is 1. The fourth-order valence-electron chi connectivity index (χ4n) is 4.67. The van der Waals surface area contributed by atoms with E-state index in [-0.39, 0.29) is 23.8 Å². The van der Waals surface area contributed by atoms with Crippen LogP contribution in [0, 0.1) is 5.92 Å².